The van der Waals surface area contributed by atoms with Crippen LogP contribution in [0.15, 0.2) is 36.4 Å². The zero-order valence-electron chi connectivity index (χ0n) is 25.4. The van der Waals surface area contributed by atoms with Gasteiger partial charge in [0.1, 0.15) is 12.1 Å². The first-order valence-corrected chi connectivity index (χ1v) is 15.8. The van der Waals surface area contributed by atoms with Crippen LogP contribution in [0.25, 0.3) is 0 Å². The van der Waals surface area contributed by atoms with E-state index in [4.69, 9.17) is 0 Å². The summed E-state index contributed by atoms with van der Waals surface area (Å²) in [6.07, 6.45) is 6.49. The second kappa shape index (κ2) is 13.4. The van der Waals surface area contributed by atoms with Gasteiger partial charge in [-0.1, -0.05) is 48.7 Å². The first-order chi connectivity index (χ1) is 22.3. The van der Waals surface area contributed by atoms with Gasteiger partial charge in [-0.15, -0.1) is 0 Å². The number of rotatable bonds is 7. The molecule has 2 fully saturated rings. The van der Waals surface area contributed by atoms with Crippen molar-refractivity contribution in [1.29, 1.82) is 0 Å². The van der Waals surface area contributed by atoms with Crippen LogP contribution in [0.4, 0.5) is 0 Å². The minimum Gasteiger partial charge on any atom is -0.322 e. The summed E-state index contributed by atoms with van der Waals surface area (Å²) in [4.78, 5) is 76.8. The van der Waals surface area contributed by atoms with Gasteiger partial charge in [-0.2, -0.15) is 0 Å². The molecule has 0 saturated carbocycles. The summed E-state index contributed by atoms with van der Waals surface area (Å²) in [6, 6.07) is 9.66. The van der Waals surface area contributed by atoms with Crippen molar-refractivity contribution in [2.75, 3.05) is 0 Å². The topological polar surface area (TPSA) is 133 Å². The second-order valence-corrected chi connectivity index (χ2v) is 12.0. The van der Waals surface area contributed by atoms with E-state index in [0.29, 0.717) is 37.1 Å². The van der Waals surface area contributed by atoms with Crippen molar-refractivity contribution >= 4 is 35.4 Å². The largest absolute Gasteiger partial charge is 0.322 e. The molecule has 2 N–H and O–H groups in total. The van der Waals surface area contributed by atoms with Crippen LogP contribution in [-0.2, 0) is 32.3 Å². The fourth-order valence-electron chi connectivity index (χ4n) is 6.50. The molecular weight excluding hydrogens is 584 g/mol. The first kappa shape index (κ1) is 30.8. The third-order valence-corrected chi connectivity index (χ3v) is 8.96. The van der Waals surface area contributed by atoms with Gasteiger partial charge in [0.2, 0.25) is 23.6 Å². The molecule has 234 valence electrons. The SMILES string of the molecule is O=C1CCC(N2Cc3c(C#CCCCCCCC#Cc4cccc5c4CN(C4CCC(=O)NC4=O)C5=O)cccc3C2=O)C(=O)N1. The maximum atomic E-state index is 13.0. The van der Waals surface area contributed by atoms with Crippen molar-refractivity contribution in [3.05, 3.63) is 69.8 Å². The lowest BCUT2D eigenvalue weighted by molar-refractivity contribution is -0.138. The molecule has 46 heavy (non-hydrogen) atoms. The van der Waals surface area contributed by atoms with E-state index in [2.05, 4.69) is 34.3 Å². The molecule has 6 rings (SSSR count). The van der Waals surface area contributed by atoms with Gasteiger partial charge in [0, 0.05) is 61.0 Å². The molecule has 4 aliphatic heterocycles. The molecule has 0 aliphatic carbocycles. The molecule has 0 spiro atoms. The average Bonchev–Trinajstić information content (AvgIpc) is 3.55. The number of benzene rings is 2. The molecular formula is C36H34N4O6. The molecule has 0 bridgehead atoms. The molecule has 2 aromatic carbocycles. The normalized spacial score (nSPS) is 20.3. The van der Waals surface area contributed by atoms with Crippen LogP contribution < -0.4 is 10.6 Å². The highest BCUT2D eigenvalue weighted by atomic mass is 16.2. The molecule has 0 aromatic heterocycles. The number of carbonyl (C=O) groups excluding carboxylic acids is 6. The zero-order chi connectivity index (χ0) is 32.2. The van der Waals surface area contributed by atoms with Crippen LogP contribution in [0.2, 0.25) is 0 Å². The smallest absolute Gasteiger partial charge is 0.255 e. The summed E-state index contributed by atoms with van der Waals surface area (Å²) < 4.78 is 0. The summed E-state index contributed by atoms with van der Waals surface area (Å²) >= 11 is 0. The van der Waals surface area contributed by atoms with Crippen molar-refractivity contribution in [3.8, 4) is 23.7 Å². The molecule has 4 heterocycles. The lowest BCUT2D eigenvalue weighted by atomic mass is 10.0. The lowest BCUT2D eigenvalue weighted by Gasteiger charge is -2.29. The highest BCUT2D eigenvalue weighted by molar-refractivity contribution is 6.06. The van der Waals surface area contributed by atoms with Crippen LogP contribution in [-0.4, -0.2) is 57.3 Å². The van der Waals surface area contributed by atoms with Gasteiger partial charge >= 0.3 is 0 Å². The Hall–Kier alpha value is -5.22. The molecule has 2 saturated heterocycles. The van der Waals surface area contributed by atoms with Gasteiger partial charge < -0.3 is 9.80 Å². The molecule has 2 aromatic rings. The number of nitrogens with one attached hydrogen (secondary N) is 2. The standard InChI is InChI=1S/C36H34N4O6/c41-31-19-17-29(33(43)37-31)39-21-27-23(13-9-15-25(27)35(39)45)11-7-5-3-1-2-4-6-8-12-24-14-10-16-26-28(24)22-40(36(26)46)30-18-20-32(42)38-34(30)44/h9-10,13-16,29-30H,1-6,17-22H2,(H,37,41,43)(H,38,42,44). The number of hydrogen-bond acceptors (Lipinski definition) is 6. The zero-order valence-corrected chi connectivity index (χ0v) is 25.4. The summed E-state index contributed by atoms with van der Waals surface area (Å²) in [5, 5.41) is 4.66. The fourth-order valence-corrected chi connectivity index (χ4v) is 6.50. The number of amides is 6. The maximum absolute atomic E-state index is 13.0. The number of nitrogens with zero attached hydrogens (tertiary/aromatic N) is 2. The summed E-state index contributed by atoms with van der Waals surface area (Å²) in [5.41, 5.74) is 4.39. The number of piperidine rings is 2. The number of hydrogen-bond donors (Lipinski definition) is 2. The molecule has 10 nitrogen and oxygen atoms in total. The molecule has 0 radical (unpaired) electrons. The van der Waals surface area contributed by atoms with Gasteiger partial charge in [0.15, 0.2) is 0 Å². The molecule has 2 unspecified atom stereocenters. The van der Waals surface area contributed by atoms with E-state index < -0.39 is 23.9 Å². The highest BCUT2D eigenvalue weighted by Crippen LogP contribution is 2.31. The third-order valence-electron chi connectivity index (χ3n) is 8.96. The Balaban J connectivity index is 0.950. The predicted molar refractivity (Wildman–Crippen MR) is 166 cm³/mol. The van der Waals surface area contributed by atoms with Crippen LogP contribution in [0, 0.1) is 23.7 Å². The van der Waals surface area contributed by atoms with Gasteiger partial charge in [-0.05, 0) is 61.1 Å². The Kier molecular flexibility index (Phi) is 8.98. The van der Waals surface area contributed by atoms with Crippen molar-refractivity contribution in [1.82, 2.24) is 20.4 Å². The minimum absolute atomic E-state index is 0.199. The highest BCUT2D eigenvalue weighted by Gasteiger charge is 2.41. The number of fused-ring (bicyclic) bond motifs is 2. The average molecular weight is 619 g/mol. The van der Waals surface area contributed by atoms with E-state index in [-0.39, 0.29) is 36.5 Å². The van der Waals surface area contributed by atoms with E-state index >= 15 is 0 Å². The predicted octanol–water partition coefficient (Wildman–Crippen LogP) is 2.95. The van der Waals surface area contributed by atoms with Crippen LogP contribution in [0.1, 0.15) is 107 Å². The number of unbranched alkanes of at least 4 members (excludes halogenated alkanes) is 5. The summed E-state index contributed by atoms with van der Waals surface area (Å²) in [5.74, 6) is 11.1. The van der Waals surface area contributed by atoms with Gasteiger partial charge in [0.05, 0.1) is 0 Å². The third kappa shape index (κ3) is 6.29. The minimum atomic E-state index is -0.642. The van der Waals surface area contributed by atoms with Crippen molar-refractivity contribution in [3.63, 3.8) is 0 Å². The monoisotopic (exact) mass is 618 g/mol. The van der Waals surface area contributed by atoms with Crippen LogP contribution >= 0.6 is 0 Å². The van der Waals surface area contributed by atoms with Crippen molar-refractivity contribution < 1.29 is 28.8 Å². The summed E-state index contributed by atoms with van der Waals surface area (Å²) in [7, 11) is 0. The first-order valence-electron chi connectivity index (χ1n) is 15.8. The Morgan fingerprint density at radius 1 is 0.609 bits per heavy atom. The van der Waals surface area contributed by atoms with Gasteiger partial charge in [0.25, 0.3) is 11.8 Å². The van der Waals surface area contributed by atoms with Crippen LogP contribution in [0.3, 0.4) is 0 Å². The Labute approximate surface area is 267 Å². The van der Waals surface area contributed by atoms with E-state index in [1.54, 1.807) is 21.9 Å². The summed E-state index contributed by atoms with van der Waals surface area (Å²) in [6.45, 7) is 0.624. The van der Waals surface area contributed by atoms with Crippen LogP contribution in [0.5, 0.6) is 0 Å². The fraction of sp³-hybridized carbons (Fsp3) is 0.389. The Morgan fingerprint density at radius 3 is 1.46 bits per heavy atom. The maximum Gasteiger partial charge on any atom is 0.255 e. The number of carbonyl (C=O) groups is 6. The number of imide groups is 2. The quantitative estimate of drug-likeness (QED) is 0.279. The molecule has 2 atom stereocenters. The van der Waals surface area contributed by atoms with E-state index in [1.807, 2.05) is 24.3 Å². The van der Waals surface area contributed by atoms with Gasteiger partial charge in [-0.3, -0.25) is 39.4 Å². The Bertz CT molecular complexity index is 1640. The van der Waals surface area contributed by atoms with E-state index in [9.17, 15) is 28.8 Å². The van der Waals surface area contributed by atoms with Gasteiger partial charge in [-0.25, -0.2) is 0 Å². The van der Waals surface area contributed by atoms with Crippen molar-refractivity contribution in [2.24, 2.45) is 0 Å². The van der Waals surface area contributed by atoms with Crippen molar-refractivity contribution in [2.45, 2.75) is 89.4 Å². The Morgan fingerprint density at radius 2 is 1.04 bits per heavy atom. The lowest BCUT2D eigenvalue weighted by Crippen LogP contribution is -2.52. The second-order valence-electron chi connectivity index (χ2n) is 12.0. The van der Waals surface area contributed by atoms with E-state index in [0.717, 1.165) is 60.8 Å². The molecule has 6 amide bonds. The molecule has 4 aliphatic rings. The van der Waals surface area contributed by atoms with E-state index in [1.165, 1.54) is 0 Å². The molecule has 10 heteroatoms.